The summed E-state index contributed by atoms with van der Waals surface area (Å²) in [7, 11) is 0. The van der Waals surface area contributed by atoms with Crippen LogP contribution in [0.3, 0.4) is 0 Å². The Hall–Kier alpha value is -1.91. The molecule has 2 aromatic rings. The third-order valence-electron chi connectivity index (χ3n) is 4.02. The van der Waals surface area contributed by atoms with Crippen LogP contribution in [0, 0.1) is 5.82 Å². The Bertz CT molecular complexity index is 702. The summed E-state index contributed by atoms with van der Waals surface area (Å²) in [5.41, 5.74) is 2.20. The maximum atomic E-state index is 13.8. The summed E-state index contributed by atoms with van der Waals surface area (Å²) in [6, 6.07) is 12.0. The van der Waals surface area contributed by atoms with Crippen LogP contribution in [0.4, 0.5) is 4.39 Å². The van der Waals surface area contributed by atoms with Crippen LogP contribution < -0.4 is 5.32 Å². The van der Waals surface area contributed by atoms with E-state index in [0.717, 1.165) is 36.8 Å². The molecule has 0 aliphatic heterocycles. The molecule has 0 saturated carbocycles. The highest BCUT2D eigenvalue weighted by molar-refractivity contribution is 6.30. The minimum Gasteiger partial charge on any atom is -0.348 e. The van der Waals surface area contributed by atoms with Gasteiger partial charge in [0.05, 0.1) is 5.56 Å². The van der Waals surface area contributed by atoms with Crippen LogP contribution in [0.25, 0.3) is 0 Å². The standard InChI is InChI=1S/C19H22ClFN2O/c1-3-23(4-2)13-15-8-6-5-7-14(15)12-22-19(24)17-10-9-16(20)11-18(17)21/h5-11H,3-4,12-13H2,1-2H3,(H,22,24). The maximum Gasteiger partial charge on any atom is 0.254 e. The zero-order valence-electron chi connectivity index (χ0n) is 14.0. The first-order valence-corrected chi connectivity index (χ1v) is 8.45. The Morgan fingerprint density at radius 2 is 1.79 bits per heavy atom. The smallest absolute Gasteiger partial charge is 0.254 e. The lowest BCUT2D eigenvalue weighted by Gasteiger charge is -2.20. The van der Waals surface area contributed by atoms with E-state index >= 15 is 0 Å². The van der Waals surface area contributed by atoms with Crippen molar-refractivity contribution < 1.29 is 9.18 Å². The summed E-state index contributed by atoms with van der Waals surface area (Å²) >= 11 is 5.71. The molecule has 2 aromatic carbocycles. The summed E-state index contributed by atoms with van der Waals surface area (Å²) in [4.78, 5) is 14.5. The predicted octanol–water partition coefficient (Wildman–Crippen LogP) is 4.25. The molecule has 128 valence electrons. The van der Waals surface area contributed by atoms with Crippen molar-refractivity contribution in [3.8, 4) is 0 Å². The van der Waals surface area contributed by atoms with E-state index in [-0.39, 0.29) is 10.6 Å². The first kappa shape index (κ1) is 18.4. The van der Waals surface area contributed by atoms with Crippen molar-refractivity contribution in [3.63, 3.8) is 0 Å². The Morgan fingerprint density at radius 3 is 2.42 bits per heavy atom. The number of carbonyl (C=O) groups excluding carboxylic acids is 1. The van der Waals surface area contributed by atoms with E-state index in [1.54, 1.807) is 0 Å². The van der Waals surface area contributed by atoms with Crippen LogP contribution in [-0.4, -0.2) is 23.9 Å². The van der Waals surface area contributed by atoms with Crippen molar-refractivity contribution in [1.29, 1.82) is 0 Å². The van der Waals surface area contributed by atoms with Gasteiger partial charge in [0.1, 0.15) is 5.82 Å². The minimum atomic E-state index is -0.614. The number of carbonyl (C=O) groups is 1. The molecule has 1 amide bonds. The number of benzene rings is 2. The largest absolute Gasteiger partial charge is 0.348 e. The minimum absolute atomic E-state index is 0.000578. The molecule has 0 aromatic heterocycles. The van der Waals surface area contributed by atoms with Gasteiger partial charge >= 0.3 is 0 Å². The Balaban J connectivity index is 2.07. The molecular weight excluding hydrogens is 327 g/mol. The average Bonchev–Trinajstić information content (AvgIpc) is 2.58. The molecule has 0 atom stereocenters. The van der Waals surface area contributed by atoms with Crippen molar-refractivity contribution in [2.24, 2.45) is 0 Å². The highest BCUT2D eigenvalue weighted by Gasteiger charge is 2.13. The summed E-state index contributed by atoms with van der Waals surface area (Å²) < 4.78 is 13.8. The Morgan fingerprint density at radius 1 is 1.12 bits per heavy atom. The van der Waals surface area contributed by atoms with Gasteiger partial charge in [-0.05, 0) is 42.4 Å². The summed E-state index contributed by atoms with van der Waals surface area (Å²) in [6.07, 6.45) is 0. The lowest BCUT2D eigenvalue weighted by atomic mass is 10.1. The molecule has 0 spiro atoms. The third kappa shape index (κ3) is 4.79. The number of hydrogen-bond acceptors (Lipinski definition) is 2. The zero-order valence-corrected chi connectivity index (χ0v) is 14.7. The Kier molecular flexibility index (Phi) is 6.76. The van der Waals surface area contributed by atoms with Gasteiger partial charge in [0.25, 0.3) is 5.91 Å². The second kappa shape index (κ2) is 8.81. The fourth-order valence-electron chi connectivity index (χ4n) is 2.52. The molecular formula is C19H22ClFN2O. The number of amides is 1. The van der Waals surface area contributed by atoms with Crippen molar-refractivity contribution in [2.45, 2.75) is 26.9 Å². The first-order valence-electron chi connectivity index (χ1n) is 8.07. The Labute approximate surface area is 147 Å². The molecule has 0 saturated heterocycles. The van der Waals surface area contributed by atoms with E-state index < -0.39 is 11.7 Å². The number of rotatable bonds is 7. The molecule has 5 heteroatoms. The van der Waals surface area contributed by atoms with Gasteiger partial charge in [0.15, 0.2) is 0 Å². The van der Waals surface area contributed by atoms with E-state index in [9.17, 15) is 9.18 Å². The van der Waals surface area contributed by atoms with Crippen molar-refractivity contribution in [3.05, 3.63) is 70.0 Å². The molecule has 3 nitrogen and oxygen atoms in total. The fourth-order valence-corrected chi connectivity index (χ4v) is 2.68. The van der Waals surface area contributed by atoms with E-state index in [2.05, 4.69) is 30.1 Å². The van der Waals surface area contributed by atoms with Crippen molar-refractivity contribution >= 4 is 17.5 Å². The molecule has 0 bridgehead atoms. The SMILES string of the molecule is CCN(CC)Cc1ccccc1CNC(=O)c1ccc(Cl)cc1F. The topological polar surface area (TPSA) is 32.3 Å². The molecule has 0 aliphatic carbocycles. The van der Waals surface area contributed by atoms with Gasteiger partial charge in [-0.15, -0.1) is 0 Å². The highest BCUT2D eigenvalue weighted by atomic mass is 35.5. The van der Waals surface area contributed by atoms with E-state index in [0.29, 0.717) is 6.54 Å². The van der Waals surface area contributed by atoms with Gasteiger partial charge in [0, 0.05) is 18.1 Å². The first-order chi connectivity index (χ1) is 11.5. The monoisotopic (exact) mass is 348 g/mol. The molecule has 0 radical (unpaired) electrons. The van der Waals surface area contributed by atoms with E-state index in [1.807, 2.05) is 18.2 Å². The van der Waals surface area contributed by atoms with Gasteiger partial charge in [-0.3, -0.25) is 9.69 Å². The third-order valence-corrected chi connectivity index (χ3v) is 4.26. The quantitative estimate of drug-likeness (QED) is 0.811. The van der Waals surface area contributed by atoms with Crippen molar-refractivity contribution in [2.75, 3.05) is 13.1 Å². The van der Waals surface area contributed by atoms with Crippen LogP contribution in [0.5, 0.6) is 0 Å². The average molecular weight is 349 g/mol. The molecule has 0 aliphatic rings. The molecule has 24 heavy (non-hydrogen) atoms. The fraction of sp³-hybridized carbons (Fsp3) is 0.316. The molecule has 0 heterocycles. The van der Waals surface area contributed by atoms with Crippen LogP contribution >= 0.6 is 11.6 Å². The lowest BCUT2D eigenvalue weighted by molar-refractivity contribution is 0.0946. The van der Waals surface area contributed by atoms with Crippen LogP contribution in [0.15, 0.2) is 42.5 Å². The predicted molar refractivity (Wildman–Crippen MR) is 95.6 cm³/mol. The summed E-state index contributed by atoms with van der Waals surface area (Å²) in [5.74, 6) is -1.06. The van der Waals surface area contributed by atoms with Crippen LogP contribution in [0.2, 0.25) is 5.02 Å². The molecule has 0 unspecified atom stereocenters. The normalized spacial score (nSPS) is 10.9. The molecule has 1 N–H and O–H groups in total. The van der Waals surface area contributed by atoms with E-state index in [1.165, 1.54) is 12.1 Å². The number of nitrogens with zero attached hydrogens (tertiary/aromatic N) is 1. The highest BCUT2D eigenvalue weighted by Crippen LogP contribution is 2.15. The number of halogens is 2. The lowest BCUT2D eigenvalue weighted by Crippen LogP contribution is -2.26. The van der Waals surface area contributed by atoms with Gasteiger partial charge in [-0.2, -0.15) is 0 Å². The number of hydrogen-bond donors (Lipinski definition) is 1. The molecule has 0 fully saturated rings. The summed E-state index contributed by atoms with van der Waals surface area (Å²) in [5, 5.41) is 3.06. The van der Waals surface area contributed by atoms with Crippen LogP contribution in [-0.2, 0) is 13.1 Å². The van der Waals surface area contributed by atoms with E-state index in [4.69, 9.17) is 11.6 Å². The zero-order chi connectivity index (χ0) is 17.5. The van der Waals surface area contributed by atoms with Gasteiger partial charge < -0.3 is 5.32 Å². The molecule has 2 rings (SSSR count). The van der Waals surface area contributed by atoms with Gasteiger partial charge in [0.2, 0.25) is 0 Å². The second-order valence-electron chi connectivity index (χ2n) is 5.54. The van der Waals surface area contributed by atoms with Crippen molar-refractivity contribution in [1.82, 2.24) is 10.2 Å². The summed E-state index contributed by atoms with van der Waals surface area (Å²) in [6.45, 7) is 7.36. The second-order valence-corrected chi connectivity index (χ2v) is 5.97. The maximum absolute atomic E-state index is 13.8. The number of nitrogens with one attached hydrogen (secondary N) is 1. The van der Waals surface area contributed by atoms with Gasteiger partial charge in [-0.25, -0.2) is 4.39 Å². The van der Waals surface area contributed by atoms with Gasteiger partial charge in [-0.1, -0.05) is 49.7 Å². The van der Waals surface area contributed by atoms with Crippen LogP contribution in [0.1, 0.15) is 35.3 Å².